The summed E-state index contributed by atoms with van der Waals surface area (Å²) in [5.74, 6) is 3.34. The average Bonchev–Trinajstić information content (AvgIpc) is 2.71. The Morgan fingerprint density at radius 2 is 2.26 bits per heavy atom. The zero-order valence-corrected chi connectivity index (χ0v) is 13.7. The summed E-state index contributed by atoms with van der Waals surface area (Å²) in [6, 6.07) is 6.38. The van der Waals surface area contributed by atoms with E-state index in [1.165, 1.54) is 23.5 Å². The van der Waals surface area contributed by atoms with Crippen molar-refractivity contribution in [1.82, 2.24) is 4.90 Å². The summed E-state index contributed by atoms with van der Waals surface area (Å²) in [6.07, 6.45) is 1.24. The van der Waals surface area contributed by atoms with E-state index in [4.69, 9.17) is 10.5 Å². The monoisotopic (exact) mass is 344 g/mol. The van der Waals surface area contributed by atoms with E-state index in [0.29, 0.717) is 6.54 Å². The molecule has 2 rings (SSSR count). The minimum Gasteiger partial charge on any atom is -0.497 e. The predicted octanol–water partition coefficient (Wildman–Crippen LogP) is 2.90. The van der Waals surface area contributed by atoms with Crippen molar-refractivity contribution in [2.45, 2.75) is 12.5 Å². The first-order valence-corrected chi connectivity index (χ1v) is 8.56. The van der Waals surface area contributed by atoms with E-state index in [0.717, 1.165) is 23.3 Å². The SMILES string of the molecule is COc1ccc(Br)c(C(CN)N2CCCSCC2)c1. The number of nitrogens with zero attached hydrogens (tertiary/aromatic N) is 1. The van der Waals surface area contributed by atoms with Crippen molar-refractivity contribution in [3.05, 3.63) is 28.2 Å². The maximum absolute atomic E-state index is 6.04. The van der Waals surface area contributed by atoms with Crippen molar-refractivity contribution in [3.63, 3.8) is 0 Å². The first-order valence-electron chi connectivity index (χ1n) is 6.61. The van der Waals surface area contributed by atoms with Crippen molar-refractivity contribution in [2.24, 2.45) is 5.73 Å². The van der Waals surface area contributed by atoms with Gasteiger partial charge in [0.2, 0.25) is 0 Å². The van der Waals surface area contributed by atoms with Crippen molar-refractivity contribution >= 4 is 27.7 Å². The lowest BCUT2D eigenvalue weighted by Crippen LogP contribution is -2.35. The van der Waals surface area contributed by atoms with Gasteiger partial charge < -0.3 is 10.5 Å². The van der Waals surface area contributed by atoms with Crippen molar-refractivity contribution < 1.29 is 4.74 Å². The second-order valence-corrected chi connectivity index (χ2v) is 6.72. The predicted molar refractivity (Wildman–Crippen MR) is 86.0 cm³/mol. The third kappa shape index (κ3) is 3.88. The van der Waals surface area contributed by atoms with Crippen LogP contribution in [0, 0.1) is 0 Å². The molecule has 2 N–H and O–H groups in total. The van der Waals surface area contributed by atoms with Crippen LogP contribution in [0.15, 0.2) is 22.7 Å². The highest BCUT2D eigenvalue weighted by molar-refractivity contribution is 9.10. The van der Waals surface area contributed by atoms with E-state index in [2.05, 4.69) is 26.9 Å². The van der Waals surface area contributed by atoms with Crippen LogP contribution in [0.5, 0.6) is 5.75 Å². The molecule has 1 aromatic rings. The van der Waals surface area contributed by atoms with Crippen LogP contribution < -0.4 is 10.5 Å². The molecule has 1 unspecified atom stereocenters. The molecule has 1 aromatic carbocycles. The minimum atomic E-state index is 0.267. The third-order valence-corrected chi connectivity index (χ3v) is 5.25. The quantitative estimate of drug-likeness (QED) is 0.911. The minimum absolute atomic E-state index is 0.267. The molecule has 0 saturated carbocycles. The number of methoxy groups -OCH3 is 1. The summed E-state index contributed by atoms with van der Waals surface area (Å²) < 4.78 is 6.44. The number of ether oxygens (including phenoxy) is 1. The highest BCUT2D eigenvalue weighted by Gasteiger charge is 2.22. The van der Waals surface area contributed by atoms with Crippen LogP contribution in [-0.2, 0) is 0 Å². The molecule has 0 amide bonds. The van der Waals surface area contributed by atoms with E-state index in [-0.39, 0.29) is 6.04 Å². The van der Waals surface area contributed by atoms with Gasteiger partial charge >= 0.3 is 0 Å². The smallest absolute Gasteiger partial charge is 0.119 e. The number of rotatable bonds is 4. The van der Waals surface area contributed by atoms with Gasteiger partial charge in [-0.05, 0) is 42.5 Å². The number of thioether (sulfide) groups is 1. The Labute approximate surface area is 128 Å². The second-order valence-electron chi connectivity index (χ2n) is 4.64. The average molecular weight is 345 g/mol. The lowest BCUT2D eigenvalue weighted by atomic mass is 10.0. The lowest BCUT2D eigenvalue weighted by molar-refractivity contribution is 0.217. The normalized spacial score (nSPS) is 18.9. The molecule has 19 heavy (non-hydrogen) atoms. The Morgan fingerprint density at radius 3 is 3.00 bits per heavy atom. The Hall–Kier alpha value is -0.230. The molecule has 0 radical (unpaired) electrons. The van der Waals surface area contributed by atoms with Gasteiger partial charge in [0.1, 0.15) is 5.75 Å². The Balaban J connectivity index is 2.24. The molecule has 3 nitrogen and oxygen atoms in total. The van der Waals surface area contributed by atoms with Crippen LogP contribution >= 0.6 is 27.7 Å². The molecule has 106 valence electrons. The molecule has 1 aliphatic rings. The van der Waals surface area contributed by atoms with Gasteiger partial charge in [-0.1, -0.05) is 15.9 Å². The first kappa shape index (κ1) is 15.2. The molecule has 0 spiro atoms. The fraction of sp³-hybridized carbons (Fsp3) is 0.571. The molecule has 5 heteroatoms. The summed E-state index contributed by atoms with van der Waals surface area (Å²) in [6.45, 7) is 2.87. The van der Waals surface area contributed by atoms with Gasteiger partial charge in [0.05, 0.1) is 7.11 Å². The fourth-order valence-electron chi connectivity index (χ4n) is 2.45. The number of hydrogen-bond acceptors (Lipinski definition) is 4. The van der Waals surface area contributed by atoms with Crippen molar-refractivity contribution in [3.8, 4) is 5.75 Å². The standard InChI is InChI=1S/C14H21BrN2OS/c1-18-11-3-4-13(15)12(9-11)14(10-16)17-5-2-7-19-8-6-17/h3-4,9,14H,2,5-8,10,16H2,1H3. The lowest BCUT2D eigenvalue weighted by Gasteiger charge is -2.30. The largest absolute Gasteiger partial charge is 0.497 e. The molecule has 1 atom stereocenters. The zero-order valence-electron chi connectivity index (χ0n) is 11.3. The second kappa shape index (κ2) is 7.53. The number of hydrogen-bond donors (Lipinski definition) is 1. The Bertz CT molecular complexity index is 408. The van der Waals surface area contributed by atoms with Gasteiger partial charge in [-0.3, -0.25) is 4.90 Å². The van der Waals surface area contributed by atoms with Crippen LogP contribution in [0.2, 0.25) is 0 Å². The van der Waals surface area contributed by atoms with E-state index in [1.54, 1.807) is 7.11 Å². The maximum atomic E-state index is 6.04. The summed E-state index contributed by atoms with van der Waals surface area (Å²) in [7, 11) is 1.70. The summed E-state index contributed by atoms with van der Waals surface area (Å²) >= 11 is 5.68. The van der Waals surface area contributed by atoms with Crippen LogP contribution in [0.3, 0.4) is 0 Å². The summed E-state index contributed by atoms with van der Waals surface area (Å²) in [5, 5.41) is 0. The molecule has 1 saturated heterocycles. The summed E-state index contributed by atoms with van der Waals surface area (Å²) in [5.41, 5.74) is 7.27. The van der Waals surface area contributed by atoms with Gasteiger partial charge in [-0.2, -0.15) is 11.8 Å². The number of benzene rings is 1. The van der Waals surface area contributed by atoms with Gasteiger partial charge in [-0.15, -0.1) is 0 Å². The highest BCUT2D eigenvalue weighted by Crippen LogP contribution is 2.31. The number of halogens is 1. The van der Waals surface area contributed by atoms with E-state index in [9.17, 15) is 0 Å². The van der Waals surface area contributed by atoms with E-state index >= 15 is 0 Å². The third-order valence-electron chi connectivity index (χ3n) is 3.48. The molecule has 0 aliphatic carbocycles. The van der Waals surface area contributed by atoms with Crippen LogP contribution in [0.1, 0.15) is 18.0 Å². The maximum Gasteiger partial charge on any atom is 0.119 e. The fourth-order valence-corrected chi connectivity index (χ4v) is 3.87. The van der Waals surface area contributed by atoms with E-state index < -0.39 is 0 Å². The van der Waals surface area contributed by atoms with Crippen LogP contribution in [-0.4, -0.2) is 43.1 Å². The molecular weight excluding hydrogens is 324 g/mol. The molecule has 1 aliphatic heterocycles. The van der Waals surface area contributed by atoms with E-state index in [1.807, 2.05) is 23.9 Å². The Kier molecular flexibility index (Phi) is 6.01. The van der Waals surface area contributed by atoms with Crippen molar-refractivity contribution in [1.29, 1.82) is 0 Å². The molecule has 0 bridgehead atoms. The molecule has 0 aromatic heterocycles. The summed E-state index contributed by atoms with van der Waals surface area (Å²) in [4.78, 5) is 2.50. The molecule has 1 fully saturated rings. The van der Waals surface area contributed by atoms with Gasteiger partial charge in [0.25, 0.3) is 0 Å². The van der Waals surface area contributed by atoms with Gasteiger partial charge in [0, 0.05) is 29.4 Å². The topological polar surface area (TPSA) is 38.5 Å². The van der Waals surface area contributed by atoms with Crippen molar-refractivity contribution in [2.75, 3.05) is 38.2 Å². The van der Waals surface area contributed by atoms with Gasteiger partial charge in [0.15, 0.2) is 0 Å². The zero-order chi connectivity index (χ0) is 13.7. The van der Waals surface area contributed by atoms with Crippen LogP contribution in [0.25, 0.3) is 0 Å². The van der Waals surface area contributed by atoms with Gasteiger partial charge in [-0.25, -0.2) is 0 Å². The number of nitrogens with two attached hydrogens (primary N) is 1. The molecular formula is C14H21BrN2OS. The van der Waals surface area contributed by atoms with Crippen LogP contribution in [0.4, 0.5) is 0 Å². The Morgan fingerprint density at radius 1 is 1.42 bits per heavy atom. The first-order chi connectivity index (χ1) is 9.26. The highest BCUT2D eigenvalue weighted by atomic mass is 79.9. The molecule has 1 heterocycles.